The van der Waals surface area contributed by atoms with Crippen molar-refractivity contribution in [2.75, 3.05) is 0 Å². The van der Waals surface area contributed by atoms with Crippen molar-refractivity contribution in [1.82, 2.24) is 0 Å². The van der Waals surface area contributed by atoms with Gasteiger partial charge in [-0.2, -0.15) is 0 Å². The maximum Gasteiger partial charge on any atom is 0.307 e. The van der Waals surface area contributed by atoms with Crippen molar-refractivity contribution in [2.45, 2.75) is 6.42 Å². The van der Waals surface area contributed by atoms with E-state index in [1.54, 1.807) is 0 Å². The molecule has 1 aromatic rings. The van der Waals surface area contributed by atoms with Crippen LogP contribution in [-0.4, -0.2) is 16.2 Å². The molecule has 14 heavy (non-hydrogen) atoms. The molecule has 0 fully saturated rings. The van der Waals surface area contributed by atoms with Gasteiger partial charge in [-0.25, -0.2) is 8.78 Å². The number of phenolic OH excluding ortho intramolecular Hbond substituents is 1. The normalized spacial score (nSPS) is 10.2. The highest BCUT2D eigenvalue weighted by molar-refractivity contribution is 6.32. The Hall–Kier alpha value is -1.36. The third-order valence-corrected chi connectivity index (χ3v) is 1.90. The molecular formula is C8H5ClF2O3. The van der Waals surface area contributed by atoms with E-state index in [4.69, 9.17) is 21.8 Å². The second-order valence-corrected chi connectivity index (χ2v) is 2.94. The van der Waals surface area contributed by atoms with Gasteiger partial charge in [-0.1, -0.05) is 11.6 Å². The Morgan fingerprint density at radius 2 is 2.07 bits per heavy atom. The molecule has 6 heteroatoms. The van der Waals surface area contributed by atoms with E-state index < -0.39 is 34.8 Å². The van der Waals surface area contributed by atoms with Crippen LogP contribution in [0.5, 0.6) is 5.75 Å². The van der Waals surface area contributed by atoms with E-state index in [2.05, 4.69) is 0 Å². The van der Waals surface area contributed by atoms with Crippen LogP contribution in [0.4, 0.5) is 8.78 Å². The lowest BCUT2D eigenvalue weighted by atomic mass is 10.1. The molecule has 1 rings (SSSR count). The van der Waals surface area contributed by atoms with Crippen LogP contribution >= 0.6 is 11.6 Å². The molecule has 0 bridgehead atoms. The van der Waals surface area contributed by atoms with E-state index in [1.807, 2.05) is 0 Å². The van der Waals surface area contributed by atoms with Gasteiger partial charge in [0.25, 0.3) is 0 Å². The summed E-state index contributed by atoms with van der Waals surface area (Å²) in [6.07, 6.45) is -0.622. The first-order valence-corrected chi connectivity index (χ1v) is 3.88. The average Bonchev–Trinajstić information content (AvgIpc) is 2.10. The van der Waals surface area contributed by atoms with Crippen molar-refractivity contribution in [3.63, 3.8) is 0 Å². The van der Waals surface area contributed by atoms with E-state index in [0.717, 1.165) is 0 Å². The summed E-state index contributed by atoms with van der Waals surface area (Å²) in [5.41, 5.74) is -0.263. The summed E-state index contributed by atoms with van der Waals surface area (Å²) in [5.74, 6) is -4.70. The van der Waals surface area contributed by atoms with Crippen molar-refractivity contribution in [3.05, 3.63) is 28.3 Å². The number of aromatic hydroxyl groups is 1. The summed E-state index contributed by atoms with van der Waals surface area (Å²) in [6, 6.07) is 0.602. The molecule has 3 nitrogen and oxygen atoms in total. The Bertz CT molecular complexity index is 393. The Morgan fingerprint density at radius 3 is 2.57 bits per heavy atom. The molecule has 0 unspecified atom stereocenters. The number of carbonyl (C=O) groups is 1. The van der Waals surface area contributed by atoms with Gasteiger partial charge in [0.2, 0.25) is 0 Å². The van der Waals surface area contributed by atoms with Gasteiger partial charge in [0.1, 0.15) is 10.8 Å². The van der Waals surface area contributed by atoms with E-state index in [1.165, 1.54) is 0 Å². The fourth-order valence-corrected chi connectivity index (χ4v) is 1.14. The Labute approximate surface area is 82.5 Å². The summed E-state index contributed by atoms with van der Waals surface area (Å²) in [5, 5.41) is 16.7. The fourth-order valence-electron chi connectivity index (χ4n) is 0.932. The number of hydrogen-bond donors (Lipinski definition) is 2. The molecule has 0 saturated carbocycles. The molecule has 0 saturated heterocycles. The number of hydrogen-bond acceptors (Lipinski definition) is 2. The molecule has 0 aliphatic rings. The molecule has 0 atom stereocenters. The number of halogens is 3. The number of rotatable bonds is 2. The van der Waals surface area contributed by atoms with Gasteiger partial charge in [-0.15, -0.1) is 0 Å². The fraction of sp³-hybridized carbons (Fsp3) is 0.125. The minimum absolute atomic E-state index is 0.263. The van der Waals surface area contributed by atoms with Crippen molar-refractivity contribution in [3.8, 4) is 5.75 Å². The average molecular weight is 223 g/mol. The molecule has 0 spiro atoms. The second-order valence-electron chi connectivity index (χ2n) is 2.56. The van der Waals surface area contributed by atoms with Gasteiger partial charge >= 0.3 is 5.97 Å². The van der Waals surface area contributed by atoms with Crippen molar-refractivity contribution < 1.29 is 23.8 Å². The molecule has 76 valence electrons. The standard InChI is InChI=1S/C8H5ClF2O3/c9-6-7(11)4(10)1-3(8(6)14)2-5(12)13/h1,14H,2H2,(H,12,13). The molecule has 0 radical (unpaired) electrons. The van der Waals surface area contributed by atoms with E-state index in [9.17, 15) is 13.6 Å². The van der Waals surface area contributed by atoms with Gasteiger partial charge in [0.15, 0.2) is 11.6 Å². The van der Waals surface area contributed by atoms with E-state index >= 15 is 0 Å². The number of carboxylic acid groups (broad SMARTS) is 1. The molecule has 1 aromatic carbocycles. The number of phenols is 1. The highest BCUT2D eigenvalue weighted by atomic mass is 35.5. The van der Waals surface area contributed by atoms with E-state index in [0.29, 0.717) is 6.07 Å². The quantitative estimate of drug-likeness (QED) is 0.752. The molecule has 0 aliphatic carbocycles. The highest BCUT2D eigenvalue weighted by Crippen LogP contribution is 2.32. The van der Waals surface area contributed by atoms with Gasteiger partial charge in [-0.05, 0) is 6.07 Å². The molecule has 0 aromatic heterocycles. The SMILES string of the molecule is O=C(O)Cc1cc(F)c(F)c(Cl)c1O. The number of benzene rings is 1. The zero-order valence-electron chi connectivity index (χ0n) is 6.72. The molecule has 0 amide bonds. The zero-order valence-corrected chi connectivity index (χ0v) is 7.48. The van der Waals surface area contributed by atoms with Crippen LogP contribution in [0.2, 0.25) is 5.02 Å². The second kappa shape index (κ2) is 3.79. The first-order chi connectivity index (χ1) is 6.43. The summed E-state index contributed by atoms with van der Waals surface area (Å²) in [6.45, 7) is 0. The lowest BCUT2D eigenvalue weighted by Crippen LogP contribution is -2.02. The number of aliphatic carboxylic acids is 1. The minimum Gasteiger partial charge on any atom is -0.506 e. The summed E-state index contributed by atoms with van der Waals surface area (Å²) >= 11 is 5.21. The van der Waals surface area contributed by atoms with Gasteiger partial charge < -0.3 is 10.2 Å². The first kappa shape index (κ1) is 10.7. The van der Waals surface area contributed by atoms with Crippen LogP contribution in [0.25, 0.3) is 0 Å². The summed E-state index contributed by atoms with van der Waals surface area (Å²) in [7, 11) is 0. The van der Waals surface area contributed by atoms with Gasteiger partial charge in [0, 0.05) is 5.56 Å². The van der Waals surface area contributed by atoms with Crippen LogP contribution in [0.1, 0.15) is 5.56 Å². The Kier molecular flexibility index (Phi) is 2.90. The lowest BCUT2D eigenvalue weighted by molar-refractivity contribution is -0.136. The highest BCUT2D eigenvalue weighted by Gasteiger charge is 2.17. The van der Waals surface area contributed by atoms with Crippen LogP contribution in [0, 0.1) is 11.6 Å². The molecule has 2 N–H and O–H groups in total. The largest absolute Gasteiger partial charge is 0.506 e. The maximum atomic E-state index is 12.7. The molecular weight excluding hydrogens is 218 g/mol. The van der Waals surface area contributed by atoms with E-state index in [-0.39, 0.29) is 5.56 Å². The van der Waals surface area contributed by atoms with Crippen LogP contribution in [0.15, 0.2) is 6.07 Å². The summed E-state index contributed by atoms with van der Waals surface area (Å²) in [4.78, 5) is 10.3. The van der Waals surface area contributed by atoms with Crippen LogP contribution in [0.3, 0.4) is 0 Å². The van der Waals surface area contributed by atoms with Crippen molar-refractivity contribution in [1.29, 1.82) is 0 Å². The Balaban J connectivity index is 3.25. The monoisotopic (exact) mass is 222 g/mol. The first-order valence-electron chi connectivity index (χ1n) is 3.50. The molecule has 0 aliphatic heterocycles. The predicted molar refractivity (Wildman–Crippen MR) is 44.4 cm³/mol. The summed E-state index contributed by atoms with van der Waals surface area (Å²) < 4.78 is 25.4. The van der Waals surface area contributed by atoms with Crippen molar-refractivity contribution in [2.24, 2.45) is 0 Å². The number of carboxylic acids is 1. The Morgan fingerprint density at radius 1 is 1.50 bits per heavy atom. The lowest BCUT2D eigenvalue weighted by Gasteiger charge is -2.05. The predicted octanol–water partition coefficient (Wildman–Crippen LogP) is 1.95. The minimum atomic E-state index is -1.39. The third kappa shape index (κ3) is 1.93. The van der Waals surface area contributed by atoms with Gasteiger partial charge in [-0.3, -0.25) is 4.79 Å². The zero-order chi connectivity index (χ0) is 10.9. The van der Waals surface area contributed by atoms with Crippen LogP contribution < -0.4 is 0 Å². The van der Waals surface area contributed by atoms with Gasteiger partial charge in [0.05, 0.1) is 6.42 Å². The van der Waals surface area contributed by atoms with Crippen LogP contribution in [-0.2, 0) is 11.2 Å². The maximum absolute atomic E-state index is 12.7. The topological polar surface area (TPSA) is 57.5 Å². The molecule has 0 heterocycles. The van der Waals surface area contributed by atoms with Crippen molar-refractivity contribution >= 4 is 17.6 Å². The third-order valence-electron chi connectivity index (χ3n) is 1.56. The smallest absolute Gasteiger partial charge is 0.307 e.